The Hall–Kier alpha value is -1.35. The second-order valence-electron chi connectivity index (χ2n) is 5.30. The number of carbonyl (C=O) groups is 1. The molecule has 0 spiro atoms. The zero-order valence-corrected chi connectivity index (χ0v) is 11.7. The van der Waals surface area contributed by atoms with E-state index in [0.29, 0.717) is 19.1 Å². The van der Waals surface area contributed by atoms with E-state index in [1.54, 1.807) is 0 Å². The average Bonchev–Trinajstić information content (AvgIpc) is 2.83. The average molecular weight is 261 g/mol. The number of ether oxygens (including phenoxy) is 1. The molecule has 0 amide bonds. The Morgan fingerprint density at radius 3 is 2.84 bits per heavy atom. The van der Waals surface area contributed by atoms with E-state index >= 15 is 0 Å². The minimum Gasteiger partial charge on any atom is -0.464 e. The summed E-state index contributed by atoms with van der Waals surface area (Å²) in [5, 5.41) is 0. The monoisotopic (exact) mass is 261 g/mol. The minimum absolute atomic E-state index is 0.0590. The highest BCUT2D eigenvalue weighted by Crippen LogP contribution is 2.15. The standard InChI is InChI=1S/C16H23NO2/c1-17-12-6-10-15(17)13-19-16(18)11-5-9-14-7-3-2-4-8-14/h2-4,7-8,15H,5-6,9-13H2,1H3. The van der Waals surface area contributed by atoms with Crippen molar-refractivity contribution in [2.45, 2.75) is 38.1 Å². The lowest BCUT2D eigenvalue weighted by Gasteiger charge is -2.18. The van der Waals surface area contributed by atoms with Crippen molar-refractivity contribution < 1.29 is 9.53 Å². The van der Waals surface area contributed by atoms with Gasteiger partial charge in [0.05, 0.1) is 0 Å². The number of aryl methyl sites for hydroxylation is 1. The molecule has 2 rings (SSSR count). The number of carbonyl (C=O) groups excluding carboxylic acids is 1. The predicted molar refractivity (Wildman–Crippen MR) is 76.0 cm³/mol. The molecule has 0 saturated carbocycles. The summed E-state index contributed by atoms with van der Waals surface area (Å²) in [6.07, 6.45) is 4.69. The lowest BCUT2D eigenvalue weighted by Crippen LogP contribution is -2.30. The van der Waals surface area contributed by atoms with Crippen LogP contribution in [-0.2, 0) is 16.0 Å². The van der Waals surface area contributed by atoms with Crippen LogP contribution in [0.5, 0.6) is 0 Å². The Kier molecular flexibility index (Phi) is 5.40. The van der Waals surface area contributed by atoms with Gasteiger partial charge in [0, 0.05) is 12.5 Å². The number of likely N-dealkylation sites (N-methyl/N-ethyl adjacent to an activating group) is 1. The molecule has 3 heteroatoms. The molecule has 0 bridgehead atoms. The number of rotatable bonds is 6. The van der Waals surface area contributed by atoms with Gasteiger partial charge in [-0.3, -0.25) is 4.79 Å². The fraction of sp³-hybridized carbons (Fsp3) is 0.562. The van der Waals surface area contributed by atoms with Gasteiger partial charge in [0.2, 0.25) is 0 Å². The highest BCUT2D eigenvalue weighted by Gasteiger charge is 2.21. The molecule has 1 aromatic carbocycles. The summed E-state index contributed by atoms with van der Waals surface area (Å²) < 4.78 is 5.35. The van der Waals surface area contributed by atoms with E-state index in [0.717, 1.165) is 25.8 Å². The molecule has 1 aliphatic rings. The van der Waals surface area contributed by atoms with E-state index in [9.17, 15) is 4.79 Å². The van der Waals surface area contributed by atoms with Gasteiger partial charge in [-0.15, -0.1) is 0 Å². The van der Waals surface area contributed by atoms with Gasteiger partial charge < -0.3 is 9.64 Å². The molecule has 1 unspecified atom stereocenters. The van der Waals surface area contributed by atoms with Crippen molar-refractivity contribution in [3.8, 4) is 0 Å². The fourth-order valence-electron chi connectivity index (χ4n) is 2.53. The maximum absolute atomic E-state index is 11.7. The Labute approximate surface area is 115 Å². The minimum atomic E-state index is -0.0590. The van der Waals surface area contributed by atoms with Crippen molar-refractivity contribution in [2.24, 2.45) is 0 Å². The fourth-order valence-corrected chi connectivity index (χ4v) is 2.53. The first-order valence-corrected chi connectivity index (χ1v) is 7.15. The third kappa shape index (κ3) is 4.67. The smallest absolute Gasteiger partial charge is 0.305 e. The first kappa shape index (κ1) is 14.1. The molecule has 1 saturated heterocycles. The molecular weight excluding hydrogens is 238 g/mol. The largest absolute Gasteiger partial charge is 0.464 e. The van der Waals surface area contributed by atoms with Gasteiger partial charge in [-0.2, -0.15) is 0 Å². The molecule has 1 fully saturated rings. The predicted octanol–water partition coefficient (Wildman–Crippen LogP) is 2.65. The second-order valence-corrected chi connectivity index (χ2v) is 5.30. The summed E-state index contributed by atoms with van der Waals surface area (Å²) in [6, 6.07) is 10.7. The number of hydrogen-bond acceptors (Lipinski definition) is 3. The van der Waals surface area contributed by atoms with Crippen LogP contribution in [0, 0.1) is 0 Å². The van der Waals surface area contributed by atoms with Crippen molar-refractivity contribution in [1.82, 2.24) is 4.90 Å². The SMILES string of the molecule is CN1CCCC1COC(=O)CCCc1ccccc1. The zero-order chi connectivity index (χ0) is 13.5. The third-order valence-electron chi connectivity index (χ3n) is 3.80. The summed E-state index contributed by atoms with van der Waals surface area (Å²) in [7, 11) is 2.10. The Morgan fingerprint density at radius 2 is 2.16 bits per heavy atom. The summed E-state index contributed by atoms with van der Waals surface area (Å²) in [4.78, 5) is 13.9. The number of esters is 1. The molecule has 3 nitrogen and oxygen atoms in total. The number of benzene rings is 1. The number of likely N-dealkylation sites (tertiary alicyclic amines) is 1. The maximum atomic E-state index is 11.7. The molecule has 1 aliphatic heterocycles. The van der Waals surface area contributed by atoms with E-state index in [2.05, 4.69) is 24.1 Å². The molecule has 1 atom stereocenters. The molecule has 1 heterocycles. The molecule has 1 aromatic rings. The molecule has 0 aliphatic carbocycles. The van der Waals surface area contributed by atoms with Crippen LogP contribution in [0.4, 0.5) is 0 Å². The van der Waals surface area contributed by atoms with E-state index < -0.39 is 0 Å². The van der Waals surface area contributed by atoms with Crippen LogP contribution in [0.3, 0.4) is 0 Å². The lowest BCUT2D eigenvalue weighted by atomic mass is 10.1. The Balaban J connectivity index is 1.59. The quantitative estimate of drug-likeness (QED) is 0.737. The van der Waals surface area contributed by atoms with Crippen LogP contribution in [0.15, 0.2) is 30.3 Å². The molecule has 19 heavy (non-hydrogen) atoms. The summed E-state index contributed by atoms with van der Waals surface area (Å²) in [5.41, 5.74) is 1.28. The number of hydrogen-bond donors (Lipinski definition) is 0. The van der Waals surface area contributed by atoms with Crippen LogP contribution in [0.2, 0.25) is 0 Å². The van der Waals surface area contributed by atoms with Crippen LogP contribution < -0.4 is 0 Å². The van der Waals surface area contributed by atoms with E-state index in [4.69, 9.17) is 4.74 Å². The topological polar surface area (TPSA) is 29.5 Å². The maximum Gasteiger partial charge on any atom is 0.305 e. The van der Waals surface area contributed by atoms with Gasteiger partial charge in [0.1, 0.15) is 6.61 Å². The summed E-state index contributed by atoms with van der Waals surface area (Å²) >= 11 is 0. The van der Waals surface area contributed by atoms with E-state index in [1.807, 2.05) is 18.2 Å². The highest BCUT2D eigenvalue weighted by molar-refractivity contribution is 5.69. The first-order valence-electron chi connectivity index (χ1n) is 7.15. The van der Waals surface area contributed by atoms with Gasteiger partial charge >= 0.3 is 5.97 Å². The van der Waals surface area contributed by atoms with Crippen molar-refractivity contribution in [3.05, 3.63) is 35.9 Å². The van der Waals surface area contributed by atoms with Gasteiger partial charge in [0.15, 0.2) is 0 Å². The van der Waals surface area contributed by atoms with Crippen LogP contribution in [-0.4, -0.2) is 37.1 Å². The highest BCUT2D eigenvalue weighted by atomic mass is 16.5. The normalized spacial score (nSPS) is 19.5. The van der Waals surface area contributed by atoms with Crippen LogP contribution >= 0.6 is 0 Å². The summed E-state index contributed by atoms with van der Waals surface area (Å²) in [6.45, 7) is 1.68. The summed E-state index contributed by atoms with van der Waals surface area (Å²) in [5.74, 6) is -0.0590. The molecule has 0 aromatic heterocycles. The lowest BCUT2D eigenvalue weighted by molar-refractivity contribution is -0.145. The number of nitrogens with zero attached hydrogens (tertiary/aromatic N) is 1. The molecule has 104 valence electrons. The van der Waals surface area contributed by atoms with E-state index in [1.165, 1.54) is 12.0 Å². The Morgan fingerprint density at radius 1 is 1.37 bits per heavy atom. The van der Waals surface area contributed by atoms with Crippen molar-refractivity contribution in [3.63, 3.8) is 0 Å². The van der Waals surface area contributed by atoms with Crippen molar-refractivity contribution >= 4 is 5.97 Å². The molecule has 0 N–H and O–H groups in total. The third-order valence-corrected chi connectivity index (χ3v) is 3.80. The van der Waals surface area contributed by atoms with Gasteiger partial charge in [-0.05, 0) is 44.8 Å². The van der Waals surface area contributed by atoms with E-state index in [-0.39, 0.29) is 5.97 Å². The van der Waals surface area contributed by atoms with Crippen molar-refractivity contribution in [2.75, 3.05) is 20.2 Å². The van der Waals surface area contributed by atoms with Gasteiger partial charge in [-0.25, -0.2) is 0 Å². The second kappa shape index (κ2) is 7.29. The Bertz CT molecular complexity index is 391. The molecular formula is C16H23NO2. The van der Waals surface area contributed by atoms with Crippen LogP contribution in [0.1, 0.15) is 31.2 Å². The van der Waals surface area contributed by atoms with Gasteiger partial charge in [-0.1, -0.05) is 30.3 Å². The molecule has 0 radical (unpaired) electrons. The van der Waals surface area contributed by atoms with Gasteiger partial charge in [0.25, 0.3) is 0 Å². The van der Waals surface area contributed by atoms with Crippen LogP contribution in [0.25, 0.3) is 0 Å². The zero-order valence-electron chi connectivity index (χ0n) is 11.7. The first-order chi connectivity index (χ1) is 9.25. The van der Waals surface area contributed by atoms with Crippen molar-refractivity contribution in [1.29, 1.82) is 0 Å².